The number of nitrogens with zero attached hydrogens (tertiary/aromatic N) is 3. The second kappa shape index (κ2) is 8.22. The van der Waals surface area contributed by atoms with Crippen molar-refractivity contribution in [3.05, 3.63) is 65.7 Å². The summed E-state index contributed by atoms with van der Waals surface area (Å²) in [5, 5.41) is 0. The van der Waals surface area contributed by atoms with E-state index in [0.29, 0.717) is 31.7 Å². The van der Waals surface area contributed by atoms with Crippen molar-refractivity contribution in [2.75, 3.05) is 37.6 Å². The number of hydrogen-bond donors (Lipinski definition) is 0. The third-order valence-corrected chi connectivity index (χ3v) is 5.57. The van der Waals surface area contributed by atoms with Crippen LogP contribution >= 0.6 is 0 Å². The first-order chi connectivity index (χ1) is 14.4. The first-order valence-corrected chi connectivity index (χ1v) is 9.82. The molecule has 2 aliphatic heterocycles. The van der Waals surface area contributed by atoms with E-state index in [9.17, 15) is 23.2 Å². The fraction of sp³-hybridized carbons (Fsp3) is 0.318. The van der Waals surface area contributed by atoms with Gasteiger partial charge in [-0.25, -0.2) is 8.78 Å². The van der Waals surface area contributed by atoms with Gasteiger partial charge in [0.1, 0.15) is 11.6 Å². The Morgan fingerprint density at radius 3 is 2.23 bits per heavy atom. The van der Waals surface area contributed by atoms with E-state index in [-0.39, 0.29) is 36.4 Å². The third-order valence-electron chi connectivity index (χ3n) is 5.57. The van der Waals surface area contributed by atoms with Crippen LogP contribution in [0.2, 0.25) is 0 Å². The van der Waals surface area contributed by atoms with Crippen LogP contribution in [-0.4, -0.2) is 60.2 Å². The molecule has 3 amide bonds. The maximum atomic E-state index is 14.1. The molecule has 2 fully saturated rings. The lowest BCUT2D eigenvalue weighted by atomic mass is 10.1. The molecule has 2 aliphatic rings. The lowest BCUT2D eigenvalue weighted by Crippen LogP contribution is -2.52. The zero-order chi connectivity index (χ0) is 21.3. The molecule has 0 N–H and O–H groups in total. The van der Waals surface area contributed by atoms with Crippen molar-refractivity contribution in [3.8, 4) is 0 Å². The fourth-order valence-corrected chi connectivity index (χ4v) is 3.96. The smallest absolute Gasteiger partial charge is 0.253 e. The zero-order valence-corrected chi connectivity index (χ0v) is 16.3. The average Bonchev–Trinajstić information content (AvgIpc) is 3.15. The molecule has 0 saturated carbocycles. The molecule has 1 atom stereocenters. The predicted molar refractivity (Wildman–Crippen MR) is 106 cm³/mol. The quantitative estimate of drug-likeness (QED) is 0.776. The number of carbonyl (C=O) groups is 3. The molecule has 2 aromatic carbocycles. The van der Waals surface area contributed by atoms with Crippen molar-refractivity contribution in [2.24, 2.45) is 5.92 Å². The van der Waals surface area contributed by atoms with Gasteiger partial charge in [0, 0.05) is 50.8 Å². The molecule has 8 heteroatoms. The molecule has 1 unspecified atom stereocenters. The summed E-state index contributed by atoms with van der Waals surface area (Å²) < 4.78 is 27.2. The van der Waals surface area contributed by atoms with Crippen LogP contribution < -0.4 is 4.90 Å². The van der Waals surface area contributed by atoms with Gasteiger partial charge in [0.15, 0.2) is 0 Å². The van der Waals surface area contributed by atoms with Gasteiger partial charge in [-0.05, 0) is 24.3 Å². The van der Waals surface area contributed by atoms with Crippen LogP contribution in [0.3, 0.4) is 0 Å². The Bertz CT molecular complexity index is 975. The summed E-state index contributed by atoms with van der Waals surface area (Å²) in [5.74, 6) is -2.75. The van der Waals surface area contributed by atoms with Crippen molar-refractivity contribution in [3.63, 3.8) is 0 Å². The van der Waals surface area contributed by atoms with E-state index >= 15 is 0 Å². The van der Waals surface area contributed by atoms with Crippen LogP contribution in [0.25, 0.3) is 0 Å². The van der Waals surface area contributed by atoms with Gasteiger partial charge < -0.3 is 14.7 Å². The lowest BCUT2D eigenvalue weighted by molar-refractivity contribution is -0.137. The van der Waals surface area contributed by atoms with E-state index in [4.69, 9.17) is 0 Å². The molecule has 156 valence electrons. The first-order valence-electron chi connectivity index (χ1n) is 9.82. The summed E-state index contributed by atoms with van der Waals surface area (Å²) in [6, 6.07) is 12.0. The Kier molecular flexibility index (Phi) is 5.48. The zero-order valence-electron chi connectivity index (χ0n) is 16.3. The number of anilines is 1. The van der Waals surface area contributed by atoms with Crippen molar-refractivity contribution in [1.29, 1.82) is 0 Å². The number of piperazine rings is 1. The van der Waals surface area contributed by atoms with E-state index in [1.807, 2.05) is 6.07 Å². The summed E-state index contributed by atoms with van der Waals surface area (Å²) in [6.07, 6.45) is -0.0151. The largest absolute Gasteiger partial charge is 0.339 e. The number of rotatable bonds is 3. The van der Waals surface area contributed by atoms with Gasteiger partial charge >= 0.3 is 0 Å². The summed E-state index contributed by atoms with van der Waals surface area (Å²) in [7, 11) is 0. The molecular weight excluding hydrogens is 392 g/mol. The predicted octanol–water partition coefficient (Wildman–Crippen LogP) is 2.30. The molecule has 6 nitrogen and oxygen atoms in total. The van der Waals surface area contributed by atoms with Gasteiger partial charge in [-0.3, -0.25) is 14.4 Å². The highest BCUT2D eigenvalue weighted by Gasteiger charge is 2.39. The monoisotopic (exact) mass is 413 g/mol. The number of carbonyl (C=O) groups excluding carboxylic acids is 3. The van der Waals surface area contributed by atoms with E-state index in [0.717, 1.165) is 12.1 Å². The Morgan fingerprint density at radius 1 is 0.900 bits per heavy atom. The molecule has 2 saturated heterocycles. The number of benzene rings is 2. The van der Waals surface area contributed by atoms with Crippen molar-refractivity contribution >= 4 is 23.4 Å². The van der Waals surface area contributed by atoms with Gasteiger partial charge in [-0.2, -0.15) is 0 Å². The van der Waals surface area contributed by atoms with Gasteiger partial charge in [-0.1, -0.05) is 18.2 Å². The molecule has 2 heterocycles. The highest BCUT2D eigenvalue weighted by Crippen LogP contribution is 2.29. The molecule has 0 aliphatic carbocycles. The lowest BCUT2D eigenvalue weighted by Gasteiger charge is -2.36. The van der Waals surface area contributed by atoms with Crippen LogP contribution in [-0.2, 0) is 9.59 Å². The normalized spacial score (nSPS) is 19.3. The summed E-state index contributed by atoms with van der Waals surface area (Å²) in [4.78, 5) is 42.3. The Morgan fingerprint density at radius 2 is 1.57 bits per heavy atom. The number of hydrogen-bond acceptors (Lipinski definition) is 3. The minimum atomic E-state index is -0.829. The highest BCUT2D eigenvalue weighted by molar-refractivity contribution is 6.00. The number of halogens is 2. The Hall–Kier alpha value is -3.29. The minimum absolute atomic E-state index is 0.0151. The minimum Gasteiger partial charge on any atom is -0.339 e. The van der Waals surface area contributed by atoms with Gasteiger partial charge in [-0.15, -0.1) is 0 Å². The van der Waals surface area contributed by atoms with Crippen molar-refractivity contribution < 1.29 is 23.2 Å². The van der Waals surface area contributed by atoms with Gasteiger partial charge in [0.2, 0.25) is 11.8 Å². The molecule has 0 spiro atoms. The van der Waals surface area contributed by atoms with E-state index in [1.165, 1.54) is 11.0 Å². The molecule has 0 aromatic heterocycles. The first kappa shape index (κ1) is 20.0. The van der Waals surface area contributed by atoms with Gasteiger partial charge in [0.25, 0.3) is 5.91 Å². The average molecular weight is 413 g/mol. The van der Waals surface area contributed by atoms with E-state index in [1.54, 1.807) is 34.1 Å². The maximum absolute atomic E-state index is 14.1. The second-order valence-corrected chi connectivity index (χ2v) is 7.48. The molecule has 30 heavy (non-hydrogen) atoms. The molecular formula is C22H21F2N3O3. The van der Waals surface area contributed by atoms with Crippen LogP contribution in [0.15, 0.2) is 48.5 Å². The summed E-state index contributed by atoms with van der Waals surface area (Å²) in [6.45, 7) is 1.65. The van der Waals surface area contributed by atoms with Crippen molar-refractivity contribution in [1.82, 2.24) is 9.80 Å². The fourth-order valence-electron chi connectivity index (χ4n) is 3.96. The Labute approximate surface area is 172 Å². The second-order valence-electron chi connectivity index (χ2n) is 7.48. The van der Waals surface area contributed by atoms with Crippen molar-refractivity contribution in [2.45, 2.75) is 6.42 Å². The highest BCUT2D eigenvalue weighted by atomic mass is 19.1. The van der Waals surface area contributed by atoms with E-state index < -0.39 is 17.6 Å². The van der Waals surface area contributed by atoms with Crippen LogP contribution in [0.5, 0.6) is 0 Å². The molecule has 4 rings (SSSR count). The summed E-state index contributed by atoms with van der Waals surface area (Å²) in [5.41, 5.74) is 0.589. The SMILES string of the molecule is O=C(c1ccccc1)N1CCN(C(=O)C2CC(=O)N(c3ccc(F)cc3F)C2)CC1. The van der Waals surface area contributed by atoms with E-state index in [2.05, 4.69) is 0 Å². The molecule has 2 aromatic rings. The molecule has 0 bridgehead atoms. The topological polar surface area (TPSA) is 60.9 Å². The van der Waals surface area contributed by atoms with Crippen LogP contribution in [0.1, 0.15) is 16.8 Å². The maximum Gasteiger partial charge on any atom is 0.253 e. The summed E-state index contributed by atoms with van der Waals surface area (Å²) >= 11 is 0. The van der Waals surface area contributed by atoms with Crippen LogP contribution in [0.4, 0.5) is 14.5 Å². The van der Waals surface area contributed by atoms with Gasteiger partial charge in [0.05, 0.1) is 11.6 Å². The third kappa shape index (κ3) is 3.90. The van der Waals surface area contributed by atoms with Crippen LogP contribution in [0, 0.1) is 17.6 Å². The Balaban J connectivity index is 1.37. The standard InChI is InChI=1S/C22H21F2N3O3/c23-17-6-7-19(18(24)13-17)27-14-16(12-20(27)28)22(30)26-10-8-25(9-11-26)21(29)15-4-2-1-3-5-15/h1-7,13,16H,8-12,14H2. The number of amides is 3. The molecule has 0 radical (unpaired) electrons.